The molecule has 0 atom stereocenters. The topological polar surface area (TPSA) is 55.4 Å². The van der Waals surface area contributed by atoms with E-state index in [4.69, 9.17) is 4.74 Å². The number of carbonyl (C=O) groups is 2. The summed E-state index contributed by atoms with van der Waals surface area (Å²) < 4.78 is 5.64. The van der Waals surface area contributed by atoms with Crippen LogP contribution in [-0.2, 0) is 9.53 Å². The second-order valence-electron chi connectivity index (χ2n) is 3.54. The number of rotatable bonds is 4. The standard InChI is InChI=1S/C13H14BrNO3/c1-3-18-12(16)8-9(2)15-13(17)10-4-6-11(14)7-5-10/h4-8H,3H2,1-2H3,(H,15,17). The Morgan fingerprint density at radius 2 is 1.94 bits per heavy atom. The predicted molar refractivity (Wildman–Crippen MR) is 72.0 cm³/mol. The number of carbonyl (C=O) groups excluding carboxylic acids is 2. The summed E-state index contributed by atoms with van der Waals surface area (Å²) in [6, 6.07) is 6.94. The maximum atomic E-state index is 11.8. The first-order valence-electron chi connectivity index (χ1n) is 5.45. The fourth-order valence-electron chi connectivity index (χ4n) is 1.25. The second-order valence-corrected chi connectivity index (χ2v) is 4.46. The summed E-state index contributed by atoms with van der Waals surface area (Å²) in [6.45, 7) is 3.67. The summed E-state index contributed by atoms with van der Waals surface area (Å²) in [5.74, 6) is -0.730. The smallest absolute Gasteiger partial charge is 0.332 e. The Morgan fingerprint density at radius 3 is 2.50 bits per heavy atom. The lowest BCUT2D eigenvalue weighted by molar-refractivity contribution is -0.137. The van der Waals surface area contributed by atoms with E-state index in [-0.39, 0.29) is 5.91 Å². The van der Waals surface area contributed by atoms with Crippen molar-refractivity contribution in [1.82, 2.24) is 5.32 Å². The van der Waals surface area contributed by atoms with Gasteiger partial charge in [0.05, 0.1) is 6.61 Å². The molecule has 0 spiro atoms. The molecule has 0 heterocycles. The van der Waals surface area contributed by atoms with Gasteiger partial charge in [0.15, 0.2) is 0 Å². The van der Waals surface area contributed by atoms with E-state index in [2.05, 4.69) is 21.2 Å². The van der Waals surface area contributed by atoms with Gasteiger partial charge in [0.25, 0.3) is 5.91 Å². The molecule has 0 aliphatic carbocycles. The van der Waals surface area contributed by atoms with Crippen molar-refractivity contribution in [3.63, 3.8) is 0 Å². The van der Waals surface area contributed by atoms with Gasteiger partial charge in [-0.2, -0.15) is 0 Å². The molecule has 0 aliphatic heterocycles. The largest absolute Gasteiger partial charge is 0.463 e. The molecule has 0 bridgehead atoms. The number of ether oxygens (including phenoxy) is 1. The Morgan fingerprint density at radius 1 is 1.33 bits per heavy atom. The number of hydrogen-bond donors (Lipinski definition) is 1. The third-order valence-corrected chi connectivity index (χ3v) is 2.57. The highest BCUT2D eigenvalue weighted by Crippen LogP contribution is 2.10. The maximum absolute atomic E-state index is 11.8. The van der Waals surface area contributed by atoms with Crippen molar-refractivity contribution in [2.24, 2.45) is 0 Å². The zero-order valence-corrected chi connectivity index (χ0v) is 11.8. The van der Waals surface area contributed by atoms with Gasteiger partial charge in [0, 0.05) is 21.8 Å². The zero-order chi connectivity index (χ0) is 13.5. The van der Waals surface area contributed by atoms with E-state index in [9.17, 15) is 9.59 Å². The van der Waals surface area contributed by atoms with Crippen molar-refractivity contribution in [3.05, 3.63) is 46.1 Å². The summed E-state index contributed by atoms with van der Waals surface area (Å²) in [4.78, 5) is 22.9. The van der Waals surface area contributed by atoms with E-state index in [0.717, 1.165) is 4.47 Å². The Labute approximate surface area is 114 Å². The predicted octanol–water partition coefficient (Wildman–Crippen LogP) is 2.65. The Hall–Kier alpha value is -1.62. The molecule has 1 N–H and O–H groups in total. The third kappa shape index (κ3) is 4.71. The zero-order valence-electron chi connectivity index (χ0n) is 10.2. The normalized spacial score (nSPS) is 10.9. The molecule has 0 saturated carbocycles. The van der Waals surface area contributed by atoms with E-state index in [1.165, 1.54) is 6.08 Å². The molecule has 0 saturated heterocycles. The number of halogens is 1. The number of allylic oxidation sites excluding steroid dienone is 1. The minimum Gasteiger partial charge on any atom is -0.463 e. The lowest BCUT2D eigenvalue weighted by Gasteiger charge is -2.05. The maximum Gasteiger partial charge on any atom is 0.332 e. The molecule has 1 rings (SSSR count). The highest BCUT2D eigenvalue weighted by molar-refractivity contribution is 9.10. The van der Waals surface area contributed by atoms with Crippen molar-refractivity contribution in [1.29, 1.82) is 0 Å². The summed E-state index contributed by atoms with van der Waals surface area (Å²) >= 11 is 3.29. The SMILES string of the molecule is CCOC(=O)C=C(C)NC(=O)c1ccc(Br)cc1. The Balaban J connectivity index is 2.64. The van der Waals surface area contributed by atoms with Crippen molar-refractivity contribution in [2.45, 2.75) is 13.8 Å². The summed E-state index contributed by atoms with van der Waals surface area (Å²) in [5.41, 5.74) is 0.969. The van der Waals surface area contributed by atoms with Gasteiger partial charge in [-0.25, -0.2) is 4.79 Å². The summed E-state index contributed by atoms with van der Waals surface area (Å²) in [6.07, 6.45) is 1.25. The first kappa shape index (κ1) is 14.4. The van der Waals surface area contributed by atoms with Crippen LogP contribution in [0.3, 0.4) is 0 Å². The number of amides is 1. The van der Waals surface area contributed by atoms with Gasteiger partial charge in [-0.1, -0.05) is 15.9 Å². The van der Waals surface area contributed by atoms with Crippen LogP contribution < -0.4 is 5.32 Å². The van der Waals surface area contributed by atoms with E-state index < -0.39 is 5.97 Å². The molecular weight excluding hydrogens is 298 g/mol. The summed E-state index contributed by atoms with van der Waals surface area (Å²) in [5, 5.41) is 2.61. The van der Waals surface area contributed by atoms with Crippen LogP contribution in [0.5, 0.6) is 0 Å². The fourth-order valence-corrected chi connectivity index (χ4v) is 1.51. The molecule has 18 heavy (non-hydrogen) atoms. The molecule has 1 aromatic rings. The number of hydrogen-bond acceptors (Lipinski definition) is 3. The van der Waals surface area contributed by atoms with Crippen LogP contribution >= 0.6 is 15.9 Å². The average molecular weight is 312 g/mol. The minimum atomic E-state index is -0.467. The van der Waals surface area contributed by atoms with Crippen LogP contribution in [0.4, 0.5) is 0 Å². The lowest BCUT2D eigenvalue weighted by Crippen LogP contribution is -2.22. The van der Waals surface area contributed by atoms with Gasteiger partial charge in [0.1, 0.15) is 0 Å². The quantitative estimate of drug-likeness (QED) is 0.687. The number of nitrogens with one attached hydrogen (secondary N) is 1. The molecule has 1 amide bonds. The van der Waals surface area contributed by atoms with Gasteiger partial charge in [0.2, 0.25) is 0 Å². The number of benzene rings is 1. The molecule has 0 aliphatic rings. The van der Waals surface area contributed by atoms with Crippen molar-refractivity contribution in [3.8, 4) is 0 Å². The molecule has 0 radical (unpaired) electrons. The molecule has 4 nitrogen and oxygen atoms in total. The Kier molecular flexibility index (Phi) is 5.58. The van der Waals surface area contributed by atoms with Crippen molar-refractivity contribution >= 4 is 27.8 Å². The summed E-state index contributed by atoms with van der Waals surface area (Å²) in [7, 11) is 0. The van der Waals surface area contributed by atoms with E-state index >= 15 is 0 Å². The number of esters is 1. The highest BCUT2D eigenvalue weighted by atomic mass is 79.9. The van der Waals surface area contributed by atoms with E-state index in [0.29, 0.717) is 17.9 Å². The van der Waals surface area contributed by atoms with Gasteiger partial charge < -0.3 is 10.1 Å². The molecule has 0 fully saturated rings. The van der Waals surface area contributed by atoms with Crippen LogP contribution in [0.1, 0.15) is 24.2 Å². The van der Waals surface area contributed by atoms with Gasteiger partial charge in [-0.3, -0.25) is 4.79 Å². The molecule has 0 unspecified atom stereocenters. The minimum absolute atomic E-state index is 0.263. The van der Waals surface area contributed by atoms with Crippen molar-refractivity contribution < 1.29 is 14.3 Å². The molecule has 1 aromatic carbocycles. The van der Waals surface area contributed by atoms with Crippen LogP contribution in [0, 0.1) is 0 Å². The second kappa shape index (κ2) is 6.96. The lowest BCUT2D eigenvalue weighted by atomic mass is 10.2. The van der Waals surface area contributed by atoms with E-state index in [1.807, 2.05) is 0 Å². The highest BCUT2D eigenvalue weighted by Gasteiger charge is 2.06. The fraction of sp³-hybridized carbons (Fsp3) is 0.231. The monoisotopic (exact) mass is 311 g/mol. The van der Waals surface area contributed by atoms with Crippen LogP contribution in [0.15, 0.2) is 40.5 Å². The van der Waals surface area contributed by atoms with Crippen molar-refractivity contribution in [2.75, 3.05) is 6.61 Å². The first-order valence-corrected chi connectivity index (χ1v) is 6.24. The van der Waals surface area contributed by atoms with Crippen LogP contribution in [0.2, 0.25) is 0 Å². The van der Waals surface area contributed by atoms with Crippen LogP contribution in [-0.4, -0.2) is 18.5 Å². The first-order chi connectivity index (χ1) is 8.52. The Bertz CT molecular complexity index is 466. The molecule has 96 valence electrons. The third-order valence-electron chi connectivity index (χ3n) is 2.04. The van der Waals surface area contributed by atoms with Gasteiger partial charge in [-0.15, -0.1) is 0 Å². The van der Waals surface area contributed by atoms with Gasteiger partial charge in [-0.05, 0) is 38.1 Å². The van der Waals surface area contributed by atoms with Gasteiger partial charge >= 0.3 is 5.97 Å². The van der Waals surface area contributed by atoms with Crippen LogP contribution in [0.25, 0.3) is 0 Å². The molecule has 0 aromatic heterocycles. The molecule has 5 heteroatoms. The molecular formula is C13H14BrNO3. The average Bonchev–Trinajstić information content (AvgIpc) is 2.29. The van der Waals surface area contributed by atoms with E-state index in [1.54, 1.807) is 38.1 Å².